The lowest BCUT2D eigenvalue weighted by atomic mass is 9.76. The second-order valence-corrected chi connectivity index (χ2v) is 13.5. The van der Waals surface area contributed by atoms with Crippen LogP contribution >= 0.6 is 11.6 Å². The number of aromatic amines is 1. The van der Waals surface area contributed by atoms with Crippen molar-refractivity contribution in [2.45, 2.75) is 78.4 Å². The maximum Gasteiger partial charge on any atom is 0.412 e. The summed E-state index contributed by atoms with van der Waals surface area (Å²) >= 11 is 6.33. The van der Waals surface area contributed by atoms with Crippen LogP contribution in [0.4, 0.5) is 16.2 Å². The van der Waals surface area contributed by atoms with Gasteiger partial charge in [-0.25, -0.2) is 14.4 Å². The largest absolute Gasteiger partial charge is 0.480 e. The minimum atomic E-state index is -0.719. The van der Waals surface area contributed by atoms with Crippen molar-refractivity contribution in [2.75, 3.05) is 24.4 Å². The Hall–Kier alpha value is -4.25. The first-order valence-electron chi connectivity index (χ1n) is 14.7. The molecule has 0 saturated heterocycles. The fourth-order valence-electron chi connectivity index (χ4n) is 5.37. The number of esters is 2. The lowest BCUT2D eigenvalue weighted by Crippen LogP contribution is -2.29. The zero-order chi connectivity index (χ0) is 33.3. The first-order chi connectivity index (χ1) is 21.0. The van der Waals surface area contributed by atoms with Crippen LogP contribution in [0.1, 0.15) is 82.4 Å². The molecule has 4 rings (SSSR count). The van der Waals surface area contributed by atoms with Gasteiger partial charge in [-0.1, -0.05) is 18.5 Å². The number of methoxy groups -OCH3 is 1. The highest BCUT2D eigenvalue weighted by atomic mass is 35.5. The van der Waals surface area contributed by atoms with Gasteiger partial charge in [-0.05, 0) is 95.7 Å². The molecule has 242 valence electrons. The number of carbonyl (C=O) groups excluding carboxylic acids is 4. The fraction of sp³-hybridized carbons (Fsp3) is 0.455. The molecule has 12 heteroatoms. The number of aryl methyl sites for hydroxylation is 1. The molecule has 2 aromatic carbocycles. The molecule has 45 heavy (non-hydrogen) atoms. The number of carbonyl (C=O) groups is 4. The van der Waals surface area contributed by atoms with E-state index in [2.05, 4.69) is 15.6 Å². The monoisotopic (exact) mass is 641 g/mol. The number of nitrogens with one attached hydrogen (secondary N) is 3. The van der Waals surface area contributed by atoms with Crippen molar-refractivity contribution in [1.82, 2.24) is 4.98 Å². The van der Waals surface area contributed by atoms with Crippen molar-refractivity contribution in [2.24, 2.45) is 5.92 Å². The molecule has 1 aliphatic rings. The second kappa shape index (κ2) is 13.0. The van der Waals surface area contributed by atoms with E-state index < -0.39 is 41.8 Å². The van der Waals surface area contributed by atoms with Gasteiger partial charge in [0.25, 0.3) is 0 Å². The summed E-state index contributed by atoms with van der Waals surface area (Å²) < 4.78 is 21.5. The third kappa shape index (κ3) is 8.27. The molecule has 0 spiro atoms. The smallest absolute Gasteiger partial charge is 0.412 e. The van der Waals surface area contributed by atoms with Crippen LogP contribution in [0, 0.1) is 5.92 Å². The van der Waals surface area contributed by atoms with Gasteiger partial charge in [0.05, 0.1) is 12.8 Å². The lowest BCUT2D eigenvalue weighted by Gasteiger charge is -2.28. The zero-order valence-corrected chi connectivity index (χ0v) is 27.6. The van der Waals surface area contributed by atoms with E-state index in [9.17, 15) is 19.2 Å². The van der Waals surface area contributed by atoms with Crippen LogP contribution < -0.4 is 15.4 Å². The third-order valence-electron chi connectivity index (χ3n) is 7.14. The van der Waals surface area contributed by atoms with Crippen molar-refractivity contribution >= 4 is 57.8 Å². The van der Waals surface area contributed by atoms with E-state index >= 15 is 0 Å². The van der Waals surface area contributed by atoms with Gasteiger partial charge in [0.15, 0.2) is 6.61 Å². The van der Waals surface area contributed by atoms with Crippen LogP contribution in [0.2, 0.25) is 5.02 Å². The zero-order valence-electron chi connectivity index (χ0n) is 26.8. The minimum Gasteiger partial charge on any atom is -0.480 e. The van der Waals surface area contributed by atoms with Gasteiger partial charge in [-0.2, -0.15) is 0 Å². The van der Waals surface area contributed by atoms with Gasteiger partial charge < -0.3 is 29.2 Å². The minimum absolute atomic E-state index is 0.137. The van der Waals surface area contributed by atoms with E-state index in [1.165, 1.54) is 13.2 Å². The summed E-state index contributed by atoms with van der Waals surface area (Å²) in [6.07, 6.45) is 0.587. The highest BCUT2D eigenvalue weighted by Crippen LogP contribution is 2.44. The van der Waals surface area contributed by atoms with Crippen LogP contribution in [0.15, 0.2) is 30.3 Å². The predicted octanol–water partition coefficient (Wildman–Crippen LogP) is 6.98. The lowest BCUT2D eigenvalue weighted by molar-refractivity contribution is -0.157. The highest BCUT2D eigenvalue weighted by Gasteiger charge is 2.36. The van der Waals surface area contributed by atoms with Crippen LogP contribution in [-0.2, 0) is 30.2 Å². The van der Waals surface area contributed by atoms with Crippen molar-refractivity contribution < 1.29 is 38.1 Å². The Balaban J connectivity index is 1.62. The molecule has 0 aliphatic heterocycles. The quantitative estimate of drug-likeness (QED) is 0.176. The van der Waals surface area contributed by atoms with Gasteiger partial charge in [0.2, 0.25) is 5.91 Å². The van der Waals surface area contributed by atoms with Gasteiger partial charge >= 0.3 is 18.0 Å². The molecule has 1 aliphatic carbocycles. The first-order valence-corrected chi connectivity index (χ1v) is 15.1. The summed E-state index contributed by atoms with van der Waals surface area (Å²) in [5.74, 6) is -2.24. The van der Waals surface area contributed by atoms with Crippen molar-refractivity contribution in [3.63, 3.8) is 0 Å². The number of hydrogen-bond acceptors (Lipinski definition) is 8. The molecule has 2 amide bonds. The number of aromatic nitrogens is 1. The van der Waals surface area contributed by atoms with Gasteiger partial charge in [0.1, 0.15) is 22.6 Å². The number of rotatable bonds is 8. The van der Waals surface area contributed by atoms with Gasteiger partial charge in [-0.3, -0.25) is 10.1 Å². The predicted molar refractivity (Wildman–Crippen MR) is 171 cm³/mol. The Morgan fingerprint density at radius 1 is 1.00 bits per heavy atom. The molecule has 3 aromatic rings. The van der Waals surface area contributed by atoms with E-state index in [1.54, 1.807) is 66.7 Å². The van der Waals surface area contributed by atoms with E-state index in [0.29, 0.717) is 34.8 Å². The fourth-order valence-corrected chi connectivity index (χ4v) is 5.62. The molecule has 3 N–H and O–H groups in total. The Bertz CT molecular complexity index is 1630. The summed E-state index contributed by atoms with van der Waals surface area (Å²) in [4.78, 5) is 54.5. The number of hydrogen-bond donors (Lipinski definition) is 3. The maximum atomic E-state index is 13.8. The van der Waals surface area contributed by atoms with Crippen LogP contribution in [0.3, 0.4) is 0 Å². The summed E-state index contributed by atoms with van der Waals surface area (Å²) in [5, 5.41) is 6.97. The molecule has 0 bridgehead atoms. The SMILES string of the molecule is COC(=O)c1[nH]c2cc(Cl)cc3c2c1C(C(C)C(=O)Nc1ccc(NC(=O)OC(C)(C)C)cc1OCC(=O)OC(C)(C)C)CC3. The van der Waals surface area contributed by atoms with E-state index in [-0.39, 0.29) is 23.3 Å². The summed E-state index contributed by atoms with van der Waals surface area (Å²) in [6, 6.07) is 8.26. The number of H-pyrrole nitrogens is 1. The van der Waals surface area contributed by atoms with Gasteiger partial charge in [-0.15, -0.1) is 0 Å². The first kappa shape index (κ1) is 33.6. The van der Waals surface area contributed by atoms with Crippen LogP contribution in [0.5, 0.6) is 5.75 Å². The molecule has 1 heterocycles. The van der Waals surface area contributed by atoms with E-state index in [1.807, 2.05) is 6.07 Å². The molecule has 1 aromatic heterocycles. The Morgan fingerprint density at radius 2 is 1.69 bits per heavy atom. The van der Waals surface area contributed by atoms with Crippen molar-refractivity contribution in [3.05, 3.63) is 52.2 Å². The molecule has 0 fully saturated rings. The van der Waals surface area contributed by atoms with Crippen molar-refractivity contribution in [1.29, 1.82) is 0 Å². The Morgan fingerprint density at radius 3 is 2.33 bits per heavy atom. The van der Waals surface area contributed by atoms with E-state index in [4.69, 9.17) is 30.5 Å². The number of benzene rings is 2. The summed E-state index contributed by atoms with van der Waals surface area (Å²) in [6.45, 7) is 11.8. The Labute approximate surface area is 267 Å². The van der Waals surface area contributed by atoms with Crippen LogP contribution in [-0.4, -0.2) is 53.8 Å². The van der Waals surface area contributed by atoms with Gasteiger partial charge in [0, 0.05) is 33.6 Å². The highest BCUT2D eigenvalue weighted by molar-refractivity contribution is 6.31. The normalized spacial score (nSPS) is 15.2. The van der Waals surface area contributed by atoms with E-state index in [0.717, 1.165) is 16.5 Å². The maximum absolute atomic E-state index is 13.8. The third-order valence-corrected chi connectivity index (χ3v) is 7.35. The molecule has 0 saturated carbocycles. The van der Waals surface area contributed by atoms with Crippen molar-refractivity contribution in [3.8, 4) is 5.75 Å². The number of amides is 2. The Kier molecular flexibility index (Phi) is 9.72. The summed E-state index contributed by atoms with van der Waals surface area (Å²) in [7, 11) is 1.31. The number of anilines is 2. The topological polar surface area (TPSA) is 145 Å². The summed E-state index contributed by atoms with van der Waals surface area (Å²) in [5.41, 5.74) is 1.88. The molecule has 2 atom stereocenters. The molecular formula is C33H40ClN3O8. The van der Waals surface area contributed by atoms with Crippen LogP contribution in [0.25, 0.3) is 10.9 Å². The molecule has 0 radical (unpaired) electrons. The number of halogens is 1. The molecule has 2 unspecified atom stereocenters. The average molecular weight is 642 g/mol. The molecular weight excluding hydrogens is 602 g/mol. The standard InChI is InChI=1S/C33H40ClN3O8/c1-17(21-11-9-18-13-19(34)14-23-26(18)27(21)28(36-23)30(40)42-8)29(39)37-22-12-10-20(35-31(41)45-33(5,6)7)15-24(22)43-16-25(38)44-32(2,3)4/h10,12-15,17,21,36H,9,11,16H2,1-8H3,(H,35,41)(H,37,39). The molecule has 11 nitrogen and oxygen atoms in total. The number of ether oxygens (including phenoxy) is 4. The average Bonchev–Trinajstić information content (AvgIpc) is 3.30. The second-order valence-electron chi connectivity index (χ2n) is 13.0.